The quantitative estimate of drug-likeness (QED) is 0.517. The topological polar surface area (TPSA) is 46.2 Å². The van der Waals surface area contributed by atoms with Gasteiger partial charge in [0.05, 0.1) is 6.42 Å². The van der Waals surface area contributed by atoms with Crippen LogP contribution in [0.1, 0.15) is 26.7 Å². The zero-order chi connectivity index (χ0) is 8.48. The molecule has 0 unspecified atom stereocenters. The Bertz CT molecular complexity index is 196. The molecule has 3 nitrogen and oxygen atoms in total. The van der Waals surface area contributed by atoms with Crippen LogP contribution in [0, 0.1) is 5.41 Å². The van der Waals surface area contributed by atoms with E-state index in [9.17, 15) is 9.59 Å². The maximum absolute atomic E-state index is 11.0. The molecule has 1 saturated heterocycles. The van der Waals surface area contributed by atoms with E-state index in [0.717, 1.165) is 0 Å². The standard InChI is InChI=1S/C8H13NO2/c1-8(2)4-6(10)3-7(11)9-5-8/h3-5H2,1-2H3,(H,9,11). The molecule has 1 rings (SSSR count). The number of rotatable bonds is 0. The fourth-order valence-electron chi connectivity index (χ4n) is 1.24. The fraction of sp³-hybridized carbons (Fsp3) is 0.750. The van der Waals surface area contributed by atoms with Gasteiger partial charge in [-0.15, -0.1) is 0 Å². The lowest BCUT2D eigenvalue weighted by atomic mass is 9.88. The Labute approximate surface area is 66.2 Å². The Morgan fingerprint density at radius 3 is 2.64 bits per heavy atom. The molecule has 0 radical (unpaired) electrons. The Kier molecular flexibility index (Phi) is 1.98. The number of Topliss-reactive ketones (excluding diaryl/α,β-unsaturated/α-hetero) is 1. The molecule has 0 aromatic carbocycles. The number of amides is 1. The molecule has 1 aliphatic heterocycles. The molecule has 1 amide bonds. The van der Waals surface area contributed by atoms with Gasteiger partial charge in [0, 0.05) is 13.0 Å². The van der Waals surface area contributed by atoms with Crippen molar-refractivity contribution >= 4 is 11.7 Å². The highest BCUT2D eigenvalue weighted by Gasteiger charge is 2.27. The van der Waals surface area contributed by atoms with Crippen molar-refractivity contribution in [3.8, 4) is 0 Å². The second-order valence-electron chi connectivity index (χ2n) is 3.83. The molecule has 0 aromatic rings. The monoisotopic (exact) mass is 155 g/mol. The van der Waals surface area contributed by atoms with Crippen LogP contribution >= 0.6 is 0 Å². The van der Waals surface area contributed by atoms with E-state index in [-0.39, 0.29) is 23.5 Å². The first kappa shape index (κ1) is 8.24. The molecular weight excluding hydrogens is 142 g/mol. The number of ketones is 1. The van der Waals surface area contributed by atoms with E-state index < -0.39 is 0 Å². The predicted molar refractivity (Wildman–Crippen MR) is 41.0 cm³/mol. The molecule has 1 fully saturated rings. The zero-order valence-corrected chi connectivity index (χ0v) is 6.94. The molecule has 1 N–H and O–H groups in total. The minimum absolute atomic E-state index is 0.0463. The normalized spacial score (nSPS) is 24.2. The summed E-state index contributed by atoms with van der Waals surface area (Å²) in [4.78, 5) is 21.9. The van der Waals surface area contributed by atoms with E-state index >= 15 is 0 Å². The maximum atomic E-state index is 11.0. The zero-order valence-electron chi connectivity index (χ0n) is 6.94. The molecule has 0 atom stereocenters. The smallest absolute Gasteiger partial charge is 0.227 e. The van der Waals surface area contributed by atoms with Gasteiger partial charge in [-0.05, 0) is 5.41 Å². The highest BCUT2D eigenvalue weighted by atomic mass is 16.2. The number of hydrogen-bond donors (Lipinski definition) is 1. The van der Waals surface area contributed by atoms with Crippen molar-refractivity contribution in [1.29, 1.82) is 0 Å². The van der Waals surface area contributed by atoms with Crippen molar-refractivity contribution in [3.05, 3.63) is 0 Å². The van der Waals surface area contributed by atoms with E-state index in [1.165, 1.54) is 0 Å². The Morgan fingerprint density at radius 1 is 1.36 bits per heavy atom. The number of carbonyl (C=O) groups is 2. The summed E-state index contributed by atoms with van der Waals surface area (Å²) in [5, 5.41) is 2.71. The number of hydrogen-bond acceptors (Lipinski definition) is 2. The molecule has 0 aliphatic carbocycles. The summed E-state index contributed by atoms with van der Waals surface area (Å²) in [5.74, 6) is -0.0921. The molecule has 0 aromatic heterocycles. The highest BCUT2D eigenvalue weighted by molar-refractivity contribution is 5.99. The lowest BCUT2D eigenvalue weighted by Crippen LogP contribution is -2.30. The van der Waals surface area contributed by atoms with Gasteiger partial charge in [0.15, 0.2) is 0 Å². The van der Waals surface area contributed by atoms with Crippen LogP contribution in [0.15, 0.2) is 0 Å². The summed E-state index contributed by atoms with van der Waals surface area (Å²) in [5.41, 5.74) is -0.0662. The van der Waals surface area contributed by atoms with Crippen molar-refractivity contribution in [2.75, 3.05) is 6.54 Å². The van der Waals surface area contributed by atoms with Gasteiger partial charge >= 0.3 is 0 Å². The molecule has 62 valence electrons. The first-order valence-corrected chi connectivity index (χ1v) is 3.78. The summed E-state index contributed by atoms with van der Waals surface area (Å²) in [6.45, 7) is 4.57. The van der Waals surface area contributed by atoms with Crippen molar-refractivity contribution in [2.45, 2.75) is 26.7 Å². The van der Waals surface area contributed by atoms with Crippen molar-refractivity contribution in [3.63, 3.8) is 0 Å². The molecular formula is C8H13NO2. The van der Waals surface area contributed by atoms with Crippen molar-refractivity contribution < 1.29 is 9.59 Å². The molecule has 0 bridgehead atoms. The summed E-state index contributed by atoms with van der Waals surface area (Å²) in [6.07, 6.45) is 0.565. The summed E-state index contributed by atoms with van der Waals surface area (Å²) >= 11 is 0. The number of nitrogens with one attached hydrogen (secondary N) is 1. The minimum atomic E-state index is -0.138. The van der Waals surface area contributed by atoms with Gasteiger partial charge in [-0.1, -0.05) is 13.8 Å². The van der Waals surface area contributed by atoms with Crippen molar-refractivity contribution in [2.24, 2.45) is 5.41 Å². The largest absolute Gasteiger partial charge is 0.355 e. The van der Waals surface area contributed by atoms with E-state index in [1.807, 2.05) is 13.8 Å². The third-order valence-corrected chi connectivity index (χ3v) is 1.80. The van der Waals surface area contributed by atoms with Crippen LogP contribution in [-0.4, -0.2) is 18.2 Å². The molecule has 3 heteroatoms. The van der Waals surface area contributed by atoms with Crippen LogP contribution in [0.2, 0.25) is 0 Å². The molecule has 1 heterocycles. The third-order valence-electron chi connectivity index (χ3n) is 1.80. The first-order chi connectivity index (χ1) is 4.99. The maximum Gasteiger partial charge on any atom is 0.227 e. The fourth-order valence-corrected chi connectivity index (χ4v) is 1.24. The Hall–Kier alpha value is -0.860. The molecule has 11 heavy (non-hydrogen) atoms. The highest BCUT2D eigenvalue weighted by Crippen LogP contribution is 2.22. The van der Waals surface area contributed by atoms with E-state index in [4.69, 9.17) is 0 Å². The van der Waals surface area contributed by atoms with Gasteiger partial charge in [-0.25, -0.2) is 0 Å². The van der Waals surface area contributed by atoms with Crippen molar-refractivity contribution in [1.82, 2.24) is 5.32 Å². The van der Waals surface area contributed by atoms with Crippen LogP contribution in [0.4, 0.5) is 0 Å². The van der Waals surface area contributed by atoms with Crippen LogP contribution < -0.4 is 5.32 Å². The predicted octanol–water partition coefficient (Wildman–Crippen LogP) is 0.492. The Balaban J connectivity index is 2.68. The van der Waals surface area contributed by atoms with Gasteiger partial charge in [-0.3, -0.25) is 9.59 Å². The molecule has 0 saturated carbocycles. The first-order valence-electron chi connectivity index (χ1n) is 3.78. The molecule has 1 aliphatic rings. The Morgan fingerprint density at radius 2 is 2.00 bits per heavy atom. The van der Waals surface area contributed by atoms with Gasteiger partial charge < -0.3 is 5.32 Å². The lowest BCUT2D eigenvalue weighted by molar-refractivity contribution is -0.127. The number of carbonyl (C=O) groups excluding carboxylic acids is 2. The average molecular weight is 155 g/mol. The summed E-state index contributed by atoms with van der Waals surface area (Å²) in [6, 6.07) is 0. The second-order valence-corrected chi connectivity index (χ2v) is 3.83. The summed E-state index contributed by atoms with van der Waals surface area (Å²) < 4.78 is 0. The van der Waals surface area contributed by atoms with Gasteiger partial charge in [0.2, 0.25) is 5.91 Å². The van der Waals surface area contributed by atoms with Gasteiger partial charge in [-0.2, -0.15) is 0 Å². The van der Waals surface area contributed by atoms with Gasteiger partial charge in [0.1, 0.15) is 5.78 Å². The van der Waals surface area contributed by atoms with E-state index in [2.05, 4.69) is 5.32 Å². The summed E-state index contributed by atoms with van der Waals surface area (Å²) in [7, 11) is 0. The minimum Gasteiger partial charge on any atom is -0.355 e. The SMILES string of the molecule is CC1(C)CNC(=O)CC(=O)C1. The van der Waals surface area contributed by atoms with Gasteiger partial charge in [0.25, 0.3) is 0 Å². The van der Waals surface area contributed by atoms with E-state index in [1.54, 1.807) is 0 Å². The van der Waals surface area contributed by atoms with Crippen LogP contribution in [0.5, 0.6) is 0 Å². The van der Waals surface area contributed by atoms with Crippen LogP contribution in [0.3, 0.4) is 0 Å². The van der Waals surface area contributed by atoms with Crippen LogP contribution in [0.25, 0.3) is 0 Å². The second kappa shape index (κ2) is 2.64. The average Bonchev–Trinajstić information content (AvgIpc) is 1.90. The van der Waals surface area contributed by atoms with Crippen LogP contribution in [-0.2, 0) is 9.59 Å². The lowest BCUT2D eigenvalue weighted by Gasteiger charge is -2.20. The van der Waals surface area contributed by atoms with E-state index in [0.29, 0.717) is 13.0 Å². The molecule has 0 spiro atoms. The third kappa shape index (κ3) is 2.33.